The number of aromatic nitrogens is 1. The Labute approximate surface area is 141 Å². The molecule has 0 N–H and O–H groups in total. The highest BCUT2D eigenvalue weighted by Crippen LogP contribution is 2.30. The van der Waals surface area contributed by atoms with Gasteiger partial charge in [-0.2, -0.15) is 0 Å². The van der Waals surface area contributed by atoms with Gasteiger partial charge in [0.15, 0.2) is 0 Å². The number of methoxy groups -OCH3 is 1. The van der Waals surface area contributed by atoms with E-state index in [0.29, 0.717) is 0 Å². The predicted octanol–water partition coefficient (Wildman–Crippen LogP) is 4.80. The molecule has 3 nitrogen and oxygen atoms in total. The van der Waals surface area contributed by atoms with Crippen molar-refractivity contribution in [1.82, 2.24) is 4.98 Å². The smallest absolute Gasteiger partial charge is 0.138 e. The van der Waals surface area contributed by atoms with E-state index in [1.54, 1.807) is 19.1 Å². The molecule has 0 aliphatic carbocycles. The second-order valence-corrected chi connectivity index (χ2v) is 6.07. The van der Waals surface area contributed by atoms with Crippen molar-refractivity contribution in [3.8, 4) is 5.75 Å². The van der Waals surface area contributed by atoms with Gasteiger partial charge in [-0.25, -0.2) is 4.98 Å². The summed E-state index contributed by atoms with van der Waals surface area (Å²) in [7, 11) is 1.68. The Morgan fingerprint density at radius 3 is 2.30 bits per heavy atom. The predicted molar refractivity (Wildman–Crippen MR) is 95.7 cm³/mol. The number of benzene rings is 2. The molecule has 3 rings (SSSR count). The van der Waals surface area contributed by atoms with E-state index in [-0.39, 0.29) is 0 Å². The van der Waals surface area contributed by atoms with Crippen LogP contribution < -0.4 is 9.04 Å². The summed E-state index contributed by atoms with van der Waals surface area (Å²) in [5, 5.41) is 0. The zero-order chi connectivity index (χ0) is 15.9. The molecule has 0 fully saturated rings. The van der Waals surface area contributed by atoms with E-state index >= 15 is 0 Å². The van der Waals surface area contributed by atoms with Gasteiger partial charge in [0, 0.05) is 11.1 Å². The molecule has 0 aliphatic heterocycles. The van der Waals surface area contributed by atoms with Crippen LogP contribution in [0.15, 0.2) is 83.9 Å². The van der Waals surface area contributed by atoms with Crippen molar-refractivity contribution in [3.63, 3.8) is 0 Å². The van der Waals surface area contributed by atoms with Crippen LogP contribution in [-0.2, 0) is 6.54 Å². The molecule has 0 amide bonds. The second-order valence-electron chi connectivity index (χ2n) is 4.98. The summed E-state index contributed by atoms with van der Waals surface area (Å²) in [5.74, 6) is 1.80. The fourth-order valence-electron chi connectivity index (χ4n) is 2.17. The van der Waals surface area contributed by atoms with Crippen LogP contribution in [0.5, 0.6) is 5.75 Å². The van der Waals surface area contributed by atoms with Gasteiger partial charge in [-0.15, -0.1) is 0 Å². The van der Waals surface area contributed by atoms with Crippen molar-refractivity contribution in [2.45, 2.75) is 11.4 Å². The van der Waals surface area contributed by atoms with Crippen LogP contribution in [0.3, 0.4) is 0 Å². The molecule has 0 bridgehead atoms. The average Bonchev–Trinajstić information content (AvgIpc) is 2.63. The lowest BCUT2D eigenvalue weighted by atomic mass is 10.2. The number of hydrogen-bond donors (Lipinski definition) is 0. The number of rotatable bonds is 6. The molecule has 0 saturated heterocycles. The Balaban J connectivity index is 1.82. The fourth-order valence-corrected chi connectivity index (χ4v) is 3.10. The van der Waals surface area contributed by atoms with Crippen molar-refractivity contribution in [3.05, 3.63) is 84.6 Å². The molecule has 4 heteroatoms. The standard InChI is InChI=1S/C19H18N2OS/c1-22-17-10-12-18(13-11-17)23-21(19-9-5-6-14-20-19)15-16-7-3-2-4-8-16/h2-14H,15H2,1H3. The molecule has 23 heavy (non-hydrogen) atoms. The van der Waals surface area contributed by atoms with Gasteiger partial charge in [0.05, 0.1) is 13.7 Å². The monoisotopic (exact) mass is 322 g/mol. The number of hydrogen-bond acceptors (Lipinski definition) is 4. The van der Waals surface area contributed by atoms with Gasteiger partial charge < -0.3 is 4.74 Å². The molecule has 0 radical (unpaired) electrons. The summed E-state index contributed by atoms with van der Waals surface area (Å²) in [6.45, 7) is 0.786. The maximum Gasteiger partial charge on any atom is 0.138 e. The van der Waals surface area contributed by atoms with Gasteiger partial charge in [0.25, 0.3) is 0 Å². The van der Waals surface area contributed by atoms with Crippen LogP contribution in [0.2, 0.25) is 0 Å². The maximum atomic E-state index is 5.22. The van der Waals surface area contributed by atoms with Crippen LogP contribution in [0.4, 0.5) is 5.82 Å². The van der Waals surface area contributed by atoms with Crippen molar-refractivity contribution in [2.24, 2.45) is 0 Å². The molecule has 0 spiro atoms. The van der Waals surface area contributed by atoms with Crippen LogP contribution in [0.1, 0.15) is 5.56 Å². The minimum Gasteiger partial charge on any atom is -0.497 e. The molecule has 0 aliphatic rings. The van der Waals surface area contributed by atoms with E-state index in [4.69, 9.17) is 4.74 Å². The summed E-state index contributed by atoms with van der Waals surface area (Å²) < 4.78 is 7.41. The Morgan fingerprint density at radius 2 is 1.65 bits per heavy atom. The van der Waals surface area contributed by atoms with Crippen LogP contribution in [0, 0.1) is 0 Å². The molecule has 3 aromatic rings. The van der Waals surface area contributed by atoms with E-state index in [2.05, 4.69) is 45.7 Å². The number of nitrogens with zero attached hydrogens (tertiary/aromatic N) is 2. The molecule has 1 heterocycles. The fraction of sp³-hybridized carbons (Fsp3) is 0.105. The Bertz CT molecular complexity index is 717. The molecule has 0 unspecified atom stereocenters. The number of anilines is 1. The molecular formula is C19H18N2OS. The third kappa shape index (κ3) is 4.27. The third-order valence-corrected chi connectivity index (χ3v) is 4.37. The molecule has 1 aromatic heterocycles. The maximum absolute atomic E-state index is 5.22. The zero-order valence-electron chi connectivity index (χ0n) is 12.9. The topological polar surface area (TPSA) is 25.4 Å². The first-order chi connectivity index (χ1) is 11.3. The van der Waals surface area contributed by atoms with Gasteiger partial charge in [-0.05, 0) is 53.9 Å². The highest BCUT2D eigenvalue weighted by Gasteiger charge is 2.10. The number of ether oxygens (including phenoxy) is 1. The van der Waals surface area contributed by atoms with Crippen molar-refractivity contribution < 1.29 is 4.74 Å². The third-order valence-electron chi connectivity index (χ3n) is 3.35. The first-order valence-corrected chi connectivity index (χ1v) is 8.17. The van der Waals surface area contributed by atoms with E-state index < -0.39 is 0 Å². The van der Waals surface area contributed by atoms with Gasteiger partial charge in [0.1, 0.15) is 11.6 Å². The summed E-state index contributed by atoms with van der Waals surface area (Å²) in [6.07, 6.45) is 1.82. The molecule has 0 atom stereocenters. The summed E-state index contributed by atoms with van der Waals surface area (Å²) in [6, 6.07) is 24.4. The van der Waals surface area contributed by atoms with Gasteiger partial charge in [0.2, 0.25) is 0 Å². The summed E-state index contributed by atoms with van der Waals surface area (Å²) in [5.41, 5.74) is 1.25. The lowest BCUT2D eigenvalue weighted by Crippen LogP contribution is -2.14. The van der Waals surface area contributed by atoms with Crippen LogP contribution in [-0.4, -0.2) is 12.1 Å². The Morgan fingerprint density at radius 1 is 0.913 bits per heavy atom. The molecular weight excluding hydrogens is 304 g/mol. The van der Waals surface area contributed by atoms with Crippen LogP contribution in [0.25, 0.3) is 0 Å². The lowest BCUT2D eigenvalue weighted by molar-refractivity contribution is 0.414. The first-order valence-electron chi connectivity index (χ1n) is 7.39. The largest absolute Gasteiger partial charge is 0.497 e. The van der Waals surface area contributed by atoms with Crippen LogP contribution >= 0.6 is 11.9 Å². The quantitative estimate of drug-likeness (QED) is 0.609. The lowest BCUT2D eigenvalue weighted by Gasteiger charge is -2.22. The van der Waals surface area contributed by atoms with Crippen molar-refractivity contribution in [1.29, 1.82) is 0 Å². The van der Waals surface area contributed by atoms with Crippen molar-refractivity contribution >= 4 is 17.8 Å². The van der Waals surface area contributed by atoms with E-state index in [0.717, 1.165) is 23.0 Å². The van der Waals surface area contributed by atoms with E-state index in [1.807, 2.05) is 42.6 Å². The second kappa shape index (κ2) is 7.70. The molecule has 2 aromatic carbocycles. The summed E-state index contributed by atoms with van der Waals surface area (Å²) >= 11 is 1.67. The Kier molecular flexibility index (Phi) is 5.17. The van der Waals surface area contributed by atoms with Gasteiger partial charge in [-0.1, -0.05) is 36.4 Å². The van der Waals surface area contributed by atoms with Gasteiger partial charge in [-0.3, -0.25) is 4.31 Å². The summed E-state index contributed by atoms with van der Waals surface area (Å²) in [4.78, 5) is 5.63. The SMILES string of the molecule is COc1ccc(SN(Cc2ccccc2)c2ccccn2)cc1. The first kappa shape index (κ1) is 15.4. The normalized spacial score (nSPS) is 10.3. The minimum atomic E-state index is 0.786. The van der Waals surface area contributed by atoms with Crippen molar-refractivity contribution in [2.75, 3.05) is 11.4 Å². The average molecular weight is 322 g/mol. The zero-order valence-corrected chi connectivity index (χ0v) is 13.7. The molecule has 0 saturated carbocycles. The van der Waals surface area contributed by atoms with E-state index in [9.17, 15) is 0 Å². The number of pyridine rings is 1. The van der Waals surface area contributed by atoms with E-state index in [1.165, 1.54) is 5.56 Å². The molecule has 116 valence electrons. The Hall–Kier alpha value is -2.46. The highest BCUT2D eigenvalue weighted by atomic mass is 32.2. The highest BCUT2D eigenvalue weighted by molar-refractivity contribution is 8.00. The van der Waals surface area contributed by atoms with Gasteiger partial charge >= 0.3 is 0 Å². The minimum absolute atomic E-state index is 0.786.